The number of fused-ring (bicyclic) bond motifs is 1. The molecule has 0 atom stereocenters. The molecule has 0 bridgehead atoms. The second kappa shape index (κ2) is 7.19. The van der Waals surface area contributed by atoms with Crippen molar-refractivity contribution in [3.8, 4) is 0 Å². The molecule has 5 heteroatoms. The van der Waals surface area contributed by atoms with E-state index < -0.39 is 0 Å². The number of nitrogens with one attached hydrogen (secondary N) is 1. The summed E-state index contributed by atoms with van der Waals surface area (Å²) in [5.74, 6) is 0.390. The van der Waals surface area contributed by atoms with E-state index in [9.17, 15) is 4.79 Å². The monoisotopic (exact) mass is 358 g/mol. The predicted molar refractivity (Wildman–Crippen MR) is 107 cm³/mol. The van der Waals surface area contributed by atoms with E-state index in [4.69, 9.17) is 0 Å². The van der Waals surface area contributed by atoms with E-state index in [1.165, 1.54) is 11.1 Å². The first-order chi connectivity index (χ1) is 13.1. The van der Waals surface area contributed by atoms with Gasteiger partial charge in [-0.3, -0.25) is 4.79 Å². The molecule has 0 aliphatic carbocycles. The van der Waals surface area contributed by atoms with Crippen LogP contribution in [0.1, 0.15) is 32.9 Å². The second-order valence-corrected chi connectivity index (χ2v) is 6.95. The zero-order valence-corrected chi connectivity index (χ0v) is 15.6. The quantitative estimate of drug-likeness (QED) is 0.771. The van der Waals surface area contributed by atoms with Gasteiger partial charge in [-0.1, -0.05) is 42.0 Å². The highest BCUT2D eigenvalue weighted by Gasteiger charge is 2.20. The predicted octanol–water partition coefficient (Wildman–Crippen LogP) is 3.91. The van der Waals surface area contributed by atoms with Crippen molar-refractivity contribution in [2.45, 2.75) is 26.8 Å². The summed E-state index contributed by atoms with van der Waals surface area (Å²) in [5.41, 5.74) is 5.75. The zero-order chi connectivity index (χ0) is 18.8. The van der Waals surface area contributed by atoms with Gasteiger partial charge in [0.25, 0.3) is 5.91 Å². The molecule has 0 radical (unpaired) electrons. The lowest BCUT2D eigenvalue weighted by atomic mass is 10.0. The van der Waals surface area contributed by atoms with E-state index in [2.05, 4.69) is 44.5 Å². The molecule has 0 spiro atoms. The molecule has 27 heavy (non-hydrogen) atoms. The lowest BCUT2D eigenvalue weighted by Gasteiger charge is -2.29. The molecule has 5 nitrogen and oxygen atoms in total. The molecule has 2 aromatic carbocycles. The third-order valence-corrected chi connectivity index (χ3v) is 4.80. The number of anilines is 2. The average molecular weight is 358 g/mol. The summed E-state index contributed by atoms with van der Waals surface area (Å²) >= 11 is 0. The number of nitrogens with zero attached hydrogens (tertiary/aromatic N) is 3. The molecule has 1 aliphatic heterocycles. The SMILES string of the molecule is Cc1ccc(NC(=O)c2cc(C)nc(N3CCc4ccccc4C3)n2)cc1. The Morgan fingerprint density at radius 3 is 2.52 bits per heavy atom. The fourth-order valence-electron chi connectivity index (χ4n) is 3.31. The average Bonchev–Trinajstić information content (AvgIpc) is 2.69. The molecule has 1 aliphatic rings. The number of rotatable bonds is 3. The number of hydrogen-bond acceptors (Lipinski definition) is 4. The molecule has 136 valence electrons. The van der Waals surface area contributed by atoms with Gasteiger partial charge in [-0.2, -0.15) is 0 Å². The molecule has 0 fully saturated rings. The number of carbonyl (C=O) groups excluding carboxylic acids is 1. The Morgan fingerprint density at radius 1 is 1.00 bits per heavy atom. The van der Waals surface area contributed by atoms with Crippen LogP contribution in [-0.4, -0.2) is 22.4 Å². The Balaban J connectivity index is 1.56. The van der Waals surface area contributed by atoms with Gasteiger partial charge in [0.1, 0.15) is 5.69 Å². The number of hydrogen-bond donors (Lipinski definition) is 1. The largest absolute Gasteiger partial charge is 0.336 e. The molecule has 4 rings (SSSR count). The summed E-state index contributed by atoms with van der Waals surface area (Å²) < 4.78 is 0. The molecule has 1 N–H and O–H groups in total. The van der Waals surface area contributed by atoms with Crippen molar-refractivity contribution in [3.05, 3.63) is 82.7 Å². The van der Waals surface area contributed by atoms with Gasteiger partial charge in [0.15, 0.2) is 0 Å². The third-order valence-electron chi connectivity index (χ3n) is 4.80. The van der Waals surface area contributed by atoms with Gasteiger partial charge in [0.05, 0.1) is 0 Å². The van der Waals surface area contributed by atoms with Crippen LogP contribution in [0.2, 0.25) is 0 Å². The highest BCUT2D eigenvalue weighted by atomic mass is 16.1. The smallest absolute Gasteiger partial charge is 0.274 e. The Kier molecular flexibility index (Phi) is 4.59. The molecular formula is C22H22N4O. The highest BCUT2D eigenvalue weighted by molar-refractivity contribution is 6.03. The summed E-state index contributed by atoms with van der Waals surface area (Å²) in [6.07, 6.45) is 0.957. The summed E-state index contributed by atoms with van der Waals surface area (Å²) in [6, 6.07) is 17.9. The lowest BCUT2D eigenvalue weighted by Crippen LogP contribution is -2.32. The fourth-order valence-corrected chi connectivity index (χ4v) is 3.31. The van der Waals surface area contributed by atoms with Gasteiger partial charge in [0.2, 0.25) is 5.95 Å². The van der Waals surface area contributed by atoms with Crippen LogP contribution in [0, 0.1) is 13.8 Å². The zero-order valence-electron chi connectivity index (χ0n) is 15.6. The second-order valence-electron chi connectivity index (χ2n) is 6.95. The van der Waals surface area contributed by atoms with E-state index in [1.807, 2.05) is 38.1 Å². The number of amides is 1. The van der Waals surface area contributed by atoms with E-state index in [1.54, 1.807) is 6.07 Å². The van der Waals surface area contributed by atoms with Crippen LogP contribution in [0.3, 0.4) is 0 Å². The summed E-state index contributed by atoms with van der Waals surface area (Å²) in [6.45, 7) is 5.52. The number of aromatic nitrogens is 2. The van der Waals surface area contributed by atoms with Gasteiger partial charge < -0.3 is 10.2 Å². The van der Waals surface area contributed by atoms with Crippen LogP contribution < -0.4 is 10.2 Å². The standard InChI is InChI=1S/C22H22N4O/c1-15-7-9-19(10-8-15)24-21(27)20-13-16(2)23-22(25-20)26-12-11-17-5-3-4-6-18(17)14-26/h3-10,13H,11-12,14H2,1-2H3,(H,24,27). The van der Waals surface area contributed by atoms with Crippen LogP contribution >= 0.6 is 0 Å². The first-order valence-electron chi connectivity index (χ1n) is 9.14. The number of carbonyl (C=O) groups is 1. The normalized spacial score (nSPS) is 13.2. The van der Waals surface area contributed by atoms with Crippen LogP contribution in [0.4, 0.5) is 11.6 Å². The Bertz CT molecular complexity index is 982. The minimum absolute atomic E-state index is 0.219. The maximum absolute atomic E-state index is 12.7. The van der Waals surface area contributed by atoms with E-state index in [0.717, 1.165) is 36.5 Å². The van der Waals surface area contributed by atoms with Gasteiger partial charge in [-0.15, -0.1) is 0 Å². The van der Waals surface area contributed by atoms with Crippen molar-refractivity contribution in [1.82, 2.24) is 9.97 Å². The summed E-state index contributed by atoms with van der Waals surface area (Å²) in [7, 11) is 0. The van der Waals surface area contributed by atoms with E-state index in [0.29, 0.717) is 11.6 Å². The van der Waals surface area contributed by atoms with Crippen molar-refractivity contribution in [2.75, 3.05) is 16.8 Å². The van der Waals surface area contributed by atoms with Gasteiger partial charge in [-0.25, -0.2) is 9.97 Å². The van der Waals surface area contributed by atoms with Gasteiger partial charge in [0, 0.05) is 24.5 Å². The Morgan fingerprint density at radius 2 is 1.74 bits per heavy atom. The first-order valence-corrected chi connectivity index (χ1v) is 9.14. The molecule has 1 aromatic heterocycles. The van der Waals surface area contributed by atoms with Gasteiger partial charge in [-0.05, 0) is 49.6 Å². The molecule has 1 amide bonds. The third kappa shape index (κ3) is 3.82. The topological polar surface area (TPSA) is 58.1 Å². The summed E-state index contributed by atoms with van der Waals surface area (Å²) in [5, 5.41) is 2.91. The summed E-state index contributed by atoms with van der Waals surface area (Å²) in [4.78, 5) is 23.9. The fraction of sp³-hybridized carbons (Fsp3) is 0.227. The minimum atomic E-state index is -0.219. The van der Waals surface area contributed by atoms with E-state index in [-0.39, 0.29) is 5.91 Å². The van der Waals surface area contributed by atoms with Crippen LogP contribution in [0.25, 0.3) is 0 Å². The molecule has 0 unspecified atom stereocenters. The maximum Gasteiger partial charge on any atom is 0.274 e. The van der Waals surface area contributed by atoms with Crippen molar-refractivity contribution >= 4 is 17.5 Å². The molecule has 0 saturated carbocycles. The van der Waals surface area contributed by atoms with E-state index >= 15 is 0 Å². The molecule has 3 aromatic rings. The highest BCUT2D eigenvalue weighted by Crippen LogP contribution is 2.22. The van der Waals surface area contributed by atoms with Crippen molar-refractivity contribution in [3.63, 3.8) is 0 Å². The first kappa shape index (κ1) is 17.2. The molecule has 2 heterocycles. The Hall–Kier alpha value is -3.21. The molecular weight excluding hydrogens is 336 g/mol. The van der Waals surface area contributed by atoms with Crippen LogP contribution in [-0.2, 0) is 13.0 Å². The number of aryl methyl sites for hydroxylation is 2. The van der Waals surface area contributed by atoms with Crippen LogP contribution in [0.15, 0.2) is 54.6 Å². The maximum atomic E-state index is 12.7. The molecule has 0 saturated heterocycles. The lowest BCUT2D eigenvalue weighted by molar-refractivity contribution is 0.102. The number of benzene rings is 2. The van der Waals surface area contributed by atoms with Gasteiger partial charge >= 0.3 is 0 Å². The van der Waals surface area contributed by atoms with Crippen molar-refractivity contribution in [1.29, 1.82) is 0 Å². The van der Waals surface area contributed by atoms with Crippen molar-refractivity contribution < 1.29 is 4.79 Å². The minimum Gasteiger partial charge on any atom is -0.336 e. The Labute approximate surface area is 159 Å². The van der Waals surface area contributed by atoms with Crippen LogP contribution in [0.5, 0.6) is 0 Å². The van der Waals surface area contributed by atoms with Crippen molar-refractivity contribution in [2.24, 2.45) is 0 Å².